The first kappa shape index (κ1) is 15.6. The largest absolute Gasteiger partial charge is 0.494 e. The minimum Gasteiger partial charge on any atom is -0.494 e. The Bertz CT molecular complexity index is 523. The molecular formula is C18H27NO3. The highest BCUT2D eigenvalue weighted by molar-refractivity contribution is 5.45. The SMILES string of the molecule is CCCOc1ccc2c(c1)C(O)C(N1CCCC1)C(C)(C)O2. The van der Waals surface area contributed by atoms with E-state index in [1.54, 1.807) is 0 Å². The summed E-state index contributed by atoms with van der Waals surface area (Å²) >= 11 is 0. The summed E-state index contributed by atoms with van der Waals surface area (Å²) in [5.74, 6) is 1.58. The van der Waals surface area contributed by atoms with Gasteiger partial charge in [-0.05, 0) is 64.4 Å². The lowest BCUT2D eigenvalue weighted by Gasteiger charge is -2.47. The molecule has 4 nitrogen and oxygen atoms in total. The molecule has 2 aliphatic heterocycles. The van der Waals surface area contributed by atoms with Gasteiger partial charge in [-0.15, -0.1) is 0 Å². The molecule has 1 aromatic rings. The number of rotatable bonds is 4. The first-order chi connectivity index (χ1) is 10.5. The number of aliphatic hydroxyl groups is 1. The third-order valence-corrected chi connectivity index (χ3v) is 4.69. The summed E-state index contributed by atoms with van der Waals surface area (Å²) in [7, 11) is 0. The standard InChI is InChI=1S/C18H27NO3/c1-4-11-21-13-7-8-15-14(12-13)16(20)17(18(2,3)22-15)19-9-5-6-10-19/h7-8,12,16-17,20H,4-6,9-11H2,1-3H3. The van der Waals surface area contributed by atoms with Gasteiger partial charge < -0.3 is 14.6 Å². The van der Waals surface area contributed by atoms with Crippen LogP contribution in [0.25, 0.3) is 0 Å². The summed E-state index contributed by atoms with van der Waals surface area (Å²) in [5, 5.41) is 11.0. The zero-order chi connectivity index (χ0) is 15.7. The van der Waals surface area contributed by atoms with E-state index in [0.717, 1.165) is 36.6 Å². The number of fused-ring (bicyclic) bond motifs is 1. The Balaban J connectivity index is 1.90. The molecule has 122 valence electrons. The molecule has 2 unspecified atom stereocenters. The van der Waals surface area contributed by atoms with E-state index in [2.05, 4.69) is 25.7 Å². The second kappa shape index (κ2) is 6.09. The van der Waals surface area contributed by atoms with Gasteiger partial charge in [-0.1, -0.05) is 6.92 Å². The summed E-state index contributed by atoms with van der Waals surface area (Å²) in [6.07, 6.45) is 2.83. The van der Waals surface area contributed by atoms with Gasteiger partial charge >= 0.3 is 0 Å². The number of nitrogens with zero attached hydrogens (tertiary/aromatic N) is 1. The third kappa shape index (κ3) is 2.82. The molecule has 1 saturated heterocycles. The summed E-state index contributed by atoms with van der Waals surface area (Å²) < 4.78 is 11.9. The van der Waals surface area contributed by atoms with Gasteiger partial charge in [0.05, 0.1) is 12.6 Å². The van der Waals surface area contributed by atoms with Crippen molar-refractivity contribution < 1.29 is 14.6 Å². The molecule has 2 atom stereocenters. The quantitative estimate of drug-likeness (QED) is 0.928. The molecule has 0 aliphatic carbocycles. The third-order valence-electron chi connectivity index (χ3n) is 4.69. The van der Waals surface area contributed by atoms with Gasteiger partial charge in [-0.25, -0.2) is 0 Å². The van der Waals surface area contributed by atoms with Crippen LogP contribution in [0.2, 0.25) is 0 Å². The summed E-state index contributed by atoms with van der Waals surface area (Å²) in [6, 6.07) is 5.77. The first-order valence-electron chi connectivity index (χ1n) is 8.41. The first-order valence-corrected chi connectivity index (χ1v) is 8.41. The Morgan fingerprint density at radius 3 is 2.73 bits per heavy atom. The minimum atomic E-state index is -0.540. The van der Waals surface area contributed by atoms with E-state index in [-0.39, 0.29) is 6.04 Å². The van der Waals surface area contributed by atoms with Crippen molar-refractivity contribution in [3.05, 3.63) is 23.8 Å². The van der Waals surface area contributed by atoms with Crippen LogP contribution in [0.1, 0.15) is 51.7 Å². The summed E-state index contributed by atoms with van der Waals surface area (Å²) in [4.78, 5) is 2.37. The lowest BCUT2D eigenvalue weighted by Crippen LogP contribution is -2.57. The van der Waals surface area contributed by atoms with Gasteiger partial charge in [0.15, 0.2) is 0 Å². The van der Waals surface area contributed by atoms with Crippen molar-refractivity contribution in [2.45, 2.75) is 57.8 Å². The van der Waals surface area contributed by atoms with E-state index < -0.39 is 11.7 Å². The maximum Gasteiger partial charge on any atom is 0.126 e. The number of hydrogen-bond acceptors (Lipinski definition) is 4. The van der Waals surface area contributed by atoms with Crippen LogP contribution in [0, 0.1) is 0 Å². The van der Waals surface area contributed by atoms with Crippen LogP contribution in [0.4, 0.5) is 0 Å². The normalized spacial score (nSPS) is 27.3. The number of hydrogen-bond donors (Lipinski definition) is 1. The second-order valence-corrected chi connectivity index (χ2v) is 6.89. The molecule has 22 heavy (non-hydrogen) atoms. The Morgan fingerprint density at radius 1 is 1.32 bits per heavy atom. The fraction of sp³-hybridized carbons (Fsp3) is 0.667. The number of benzene rings is 1. The lowest BCUT2D eigenvalue weighted by molar-refractivity contribution is -0.0758. The van der Waals surface area contributed by atoms with Crippen molar-refractivity contribution in [3.63, 3.8) is 0 Å². The van der Waals surface area contributed by atoms with Gasteiger partial charge in [0.25, 0.3) is 0 Å². The number of aliphatic hydroxyl groups excluding tert-OH is 1. The molecule has 0 saturated carbocycles. The van der Waals surface area contributed by atoms with Gasteiger partial charge in [0, 0.05) is 5.56 Å². The summed E-state index contributed by atoms with van der Waals surface area (Å²) in [5.41, 5.74) is 0.451. The second-order valence-electron chi connectivity index (χ2n) is 6.89. The number of likely N-dealkylation sites (tertiary alicyclic amines) is 1. The Morgan fingerprint density at radius 2 is 2.05 bits per heavy atom. The van der Waals surface area contributed by atoms with E-state index in [4.69, 9.17) is 9.47 Å². The monoisotopic (exact) mass is 305 g/mol. The molecular weight excluding hydrogens is 278 g/mol. The highest BCUT2D eigenvalue weighted by atomic mass is 16.5. The average molecular weight is 305 g/mol. The van der Waals surface area contributed by atoms with Crippen LogP contribution in [0.5, 0.6) is 11.5 Å². The molecule has 1 fully saturated rings. The zero-order valence-electron chi connectivity index (χ0n) is 13.8. The van der Waals surface area contributed by atoms with Gasteiger partial charge in [-0.3, -0.25) is 4.90 Å². The van der Waals surface area contributed by atoms with E-state index in [9.17, 15) is 5.11 Å². The van der Waals surface area contributed by atoms with Crippen LogP contribution in [0.3, 0.4) is 0 Å². The molecule has 0 spiro atoms. The molecule has 0 bridgehead atoms. The summed E-state index contributed by atoms with van der Waals surface area (Å²) in [6.45, 7) is 9.00. The van der Waals surface area contributed by atoms with E-state index >= 15 is 0 Å². The average Bonchev–Trinajstić information content (AvgIpc) is 2.98. The van der Waals surface area contributed by atoms with Crippen molar-refractivity contribution in [2.75, 3.05) is 19.7 Å². The van der Waals surface area contributed by atoms with Crippen LogP contribution < -0.4 is 9.47 Å². The molecule has 0 amide bonds. The Kier molecular flexibility index (Phi) is 4.33. The lowest BCUT2D eigenvalue weighted by atomic mass is 9.85. The van der Waals surface area contributed by atoms with E-state index in [1.807, 2.05) is 18.2 Å². The Hall–Kier alpha value is -1.26. The maximum absolute atomic E-state index is 11.0. The molecule has 1 aromatic carbocycles. The van der Waals surface area contributed by atoms with E-state index in [0.29, 0.717) is 6.61 Å². The zero-order valence-corrected chi connectivity index (χ0v) is 13.8. The van der Waals surface area contributed by atoms with Crippen molar-refractivity contribution in [3.8, 4) is 11.5 Å². The fourth-order valence-corrected chi connectivity index (χ4v) is 3.71. The van der Waals surface area contributed by atoms with Gasteiger partial charge in [0.1, 0.15) is 23.2 Å². The highest BCUT2D eigenvalue weighted by Crippen LogP contribution is 2.44. The topological polar surface area (TPSA) is 41.9 Å². The Labute approximate surface area is 133 Å². The van der Waals surface area contributed by atoms with Crippen molar-refractivity contribution in [1.82, 2.24) is 4.90 Å². The van der Waals surface area contributed by atoms with Crippen molar-refractivity contribution >= 4 is 0 Å². The predicted molar refractivity (Wildman–Crippen MR) is 86.5 cm³/mol. The molecule has 2 aliphatic rings. The maximum atomic E-state index is 11.0. The molecule has 3 rings (SSSR count). The predicted octanol–water partition coefficient (Wildman–Crippen LogP) is 3.14. The van der Waals surface area contributed by atoms with Crippen LogP contribution in [0.15, 0.2) is 18.2 Å². The van der Waals surface area contributed by atoms with Gasteiger partial charge in [-0.2, -0.15) is 0 Å². The fourth-order valence-electron chi connectivity index (χ4n) is 3.71. The van der Waals surface area contributed by atoms with Crippen molar-refractivity contribution in [1.29, 1.82) is 0 Å². The van der Waals surface area contributed by atoms with Crippen molar-refractivity contribution in [2.24, 2.45) is 0 Å². The highest BCUT2D eigenvalue weighted by Gasteiger charge is 2.47. The van der Waals surface area contributed by atoms with E-state index in [1.165, 1.54) is 12.8 Å². The van der Waals surface area contributed by atoms with Crippen LogP contribution >= 0.6 is 0 Å². The molecule has 0 radical (unpaired) electrons. The number of ether oxygens (including phenoxy) is 2. The van der Waals surface area contributed by atoms with Crippen LogP contribution in [-0.4, -0.2) is 41.3 Å². The van der Waals surface area contributed by atoms with Crippen LogP contribution in [-0.2, 0) is 0 Å². The smallest absolute Gasteiger partial charge is 0.126 e. The minimum absolute atomic E-state index is 0.0103. The molecule has 1 N–H and O–H groups in total. The molecule has 0 aromatic heterocycles. The van der Waals surface area contributed by atoms with Gasteiger partial charge in [0.2, 0.25) is 0 Å². The molecule has 2 heterocycles. The molecule has 4 heteroatoms.